The van der Waals surface area contributed by atoms with Gasteiger partial charge in [-0.25, -0.2) is 4.98 Å². The average Bonchev–Trinajstić information content (AvgIpc) is 2.77. The summed E-state index contributed by atoms with van der Waals surface area (Å²) in [6.07, 6.45) is 6.19. The SMILES string of the molecule is C#Cc1cccc(-c2cc(CC(C)C)on2)n1. The lowest BCUT2D eigenvalue weighted by molar-refractivity contribution is 0.370. The summed E-state index contributed by atoms with van der Waals surface area (Å²) in [5.41, 5.74) is 2.09. The lowest BCUT2D eigenvalue weighted by Gasteiger charge is -1.97. The number of rotatable bonds is 3. The highest BCUT2D eigenvalue weighted by Gasteiger charge is 2.09. The van der Waals surface area contributed by atoms with Gasteiger partial charge in [0.2, 0.25) is 0 Å². The molecule has 0 aliphatic rings. The molecule has 17 heavy (non-hydrogen) atoms. The standard InChI is InChI=1S/C14H14N2O/c1-4-11-6-5-7-13(15-11)14-9-12(17-16-14)8-10(2)3/h1,5-7,9-10H,8H2,2-3H3. The molecule has 0 aliphatic carbocycles. The molecule has 3 heteroatoms. The van der Waals surface area contributed by atoms with Gasteiger partial charge in [0.05, 0.1) is 5.69 Å². The summed E-state index contributed by atoms with van der Waals surface area (Å²) in [5.74, 6) is 3.93. The third kappa shape index (κ3) is 2.73. The molecule has 0 bridgehead atoms. The van der Waals surface area contributed by atoms with E-state index in [-0.39, 0.29) is 0 Å². The highest BCUT2D eigenvalue weighted by Crippen LogP contribution is 2.18. The van der Waals surface area contributed by atoms with Gasteiger partial charge in [0.15, 0.2) is 0 Å². The minimum Gasteiger partial charge on any atom is -0.361 e. The lowest BCUT2D eigenvalue weighted by Crippen LogP contribution is -1.91. The third-order valence-electron chi connectivity index (χ3n) is 2.33. The maximum absolute atomic E-state index is 5.31. The minimum absolute atomic E-state index is 0.542. The molecule has 0 aliphatic heterocycles. The van der Waals surface area contributed by atoms with Gasteiger partial charge in [0, 0.05) is 12.5 Å². The Balaban J connectivity index is 2.27. The summed E-state index contributed by atoms with van der Waals surface area (Å²) in [5, 5.41) is 4.01. The van der Waals surface area contributed by atoms with Gasteiger partial charge >= 0.3 is 0 Å². The highest BCUT2D eigenvalue weighted by molar-refractivity contribution is 5.54. The second-order valence-corrected chi connectivity index (χ2v) is 4.33. The van der Waals surface area contributed by atoms with Crippen molar-refractivity contribution in [1.82, 2.24) is 10.1 Å². The third-order valence-corrected chi connectivity index (χ3v) is 2.33. The summed E-state index contributed by atoms with van der Waals surface area (Å²) < 4.78 is 5.26. The van der Waals surface area contributed by atoms with Crippen molar-refractivity contribution in [3.63, 3.8) is 0 Å². The van der Waals surface area contributed by atoms with E-state index in [0.29, 0.717) is 11.6 Å². The van der Waals surface area contributed by atoms with Gasteiger partial charge in [-0.1, -0.05) is 31.0 Å². The molecule has 3 nitrogen and oxygen atoms in total. The van der Waals surface area contributed by atoms with Gasteiger partial charge in [0.25, 0.3) is 0 Å². The monoisotopic (exact) mass is 226 g/mol. The van der Waals surface area contributed by atoms with Crippen LogP contribution in [0.4, 0.5) is 0 Å². The van der Waals surface area contributed by atoms with Crippen molar-refractivity contribution in [2.45, 2.75) is 20.3 Å². The van der Waals surface area contributed by atoms with Crippen molar-refractivity contribution in [1.29, 1.82) is 0 Å². The van der Waals surface area contributed by atoms with Crippen molar-refractivity contribution in [3.05, 3.63) is 35.7 Å². The Bertz CT molecular complexity index is 549. The first kappa shape index (κ1) is 11.4. The quantitative estimate of drug-likeness (QED) is 0.755. The summed E-state index contributed by atoms with van der Waals surface area (Å²) in [6.45, 7) is 4.28. The molecule has 0 unspecified atom stereocenters. The molecule has 2 heterocycles. The topological polar surface area (TPSA) is 38.9 Å². The van der Waals surface area contributed by atoms with Crippen LogP contribution in [0.1, 0.15) is 25.3 Å². The smallest absolute Gasteiger partial charge is 0.137 e. The van der Waals surface area contributed by atoms with E-state index in [2.05, 4.69) is 29.9 Å². The van der Waals surface area contributed by atoms with Gasteiger partial charge < -0.3 is 4.52 Å². The number of nitrogens with zero attached hydrogens (tertiary/aromatic N) is 2. The van der Waals surface area contributed by atoms with E-state index in [1.165, 1.54) is 0 Å². The molecule has 0 atom stereocenters. The normalized spacial score (nSPS) is 10.5. The summed E-state index contributed by atoms with van der Waals surface area (Å²) >= 11 is 0. The Hall–Kier alpha value is -2.08. The zero-order valence-electron chi connectivity index (χ0n) is 9.97. The molecule has 86 valence electrons. The predicted octanol–water partition coefficient (Wildman–Crippen LogP) is 2.92. The van der Waals surface area contributed by atoms with Gasteiger partial charge in [-0.3, -0.25) is 0 Å². The summed E-state index contributed by atoms with van der Waals surface area (Å²) in [4.78, 5) is 4.30. The first-order valence-electron chi connectivity index (χ1n) is 5.58. The maximum Gasteiger partial charge on any atom is 0.137 e. The number of terminal acetylenes is 1. The first-order valence-corrected chi connectivity index (χ1v) is 5.58. The number of hydrogen-bond acceptors (Lipinski definition) is 3. The van der Waals surface area contributed by atoms with Crippen LogP contribution < -0.4 is 0 Å². The molecular formula is C14H14N2O. The largest absolute Gasteiger partial charge is 0.361 e. The molecule has 2 rings (SSSR count). The molecule has 2 aromatic rings. The first-order chi connectivity index (χ1) is 8.19. The van der Waals surface area contributed by atoms with E-state index in [0.717, 1.165) is 23.6 Å². The van der Waals surface area contributed by atoms with Crippen LogP contribution in [-0.4, -0.2) is 10.1 Å². The summed E-state index contributed by atoms with van der Waals surface area (Å²) in [7, 11) is 0. The number of aromatic nitrogens is 2. The predicted molar refractivity (Wildman–Crippen MR) is 66.2 cm³/mol. The van der Waals surface area contributed by atoms with Crippen LogP contribution in [0.2, 0.25) is 0 Å². The van der Waals surface area contributed by atoms with Crippen molar-refractivity contribution in [2.24, 2.45) is 5.92 Å². The van der Waals surface area contributed by atoms with Crippen LogP contribution in [0.25, 0.3) is 11.4 Å². The van der Waals surface area contributed by atoms with Crippen LogP contribution >= 0.6 is 0 Å². The van der Waals surface area contributed by atoms with Gasteiger partial charge in [-0.05, 0) is 18.1 Å². The fourth-order valence-electron chi connectivity index (χ4n) is 1.59. The molecule has 0 fully saturated rings. The molecule has 0 amide bonds. The van der Waals surface area contributed by atoms with Gasteiger partial charge in [-0.2, -0.15) is 0 Å². The van der Waals surface area contributed by atoms with Gasteiger partial charge in [-0.15, -0.1) is 6.42 Å². The Kier molecular flexibility index (Phi) is 3.24. The van der Waals surface area contributed by atoms with E-state index in [1.807, 2.05) is 18.2 Å². The van der Waals surface area contributed by atoms with E-state index < -0.39 is 0 Å². The van der Waals surface area contributed by atoms with Crippen LogP contribution in [0.3, 0.4) is 0 Å². The Morgan fingerprint density at radius 1 is 1.35 bits per heavy atom. The van der Waals surface area contributed by atoms with Crippen molar-refractivity contribution in [3.8, 4) is 23.7 Å². The molecule has 2 aromatic heterocycles. The van der Waals surface area contributed by atoms with Crippen LogP contribution in [-0.2, 0) is 6.42 Å². The molecule has 0 N–H and O–H groups in total. The Labute approximate surface area is 101 Å². The van der Waals surface area contributed by atoms with Crippen molar-refractivity contribution >= 4 is 0 Å². The lowest BCUT2D eigenvalue weighted by atomic mass is 10.1. The zero-order chi connectivity index (χ0) is 12.3. The van der Waals surface area contributed by atoms with Crippen LogP contribution in [0.15, 0.2) is 28.8 Å². The minimum atomic E-state index is 0.542. The fourth-order valence-corrected chi connectivity index (χ4v) is 1.59. The van der Waals surface area contributed by atoms with Gasteiger partial charge in [0.1, 0.15) is 17.1 Å². The van der Waals surface area contributed by atoms with Crippen molar-refractivity contribution in [2.75, 3.05) is 0 Å². The van der Waals surface area contributed by atoms with E-state index in [9.17, 15) is 0 Å². The second-order valence-electron chi connectivity index (χ2n) is 4.33. The second kappa shape index (κ2) is 4.84. The maximum atomic E-state index is 5.31. The van der Waals surface area contributed by atoms with Crippen molar-refractivity contribution < 1.29 is 4.52 Å². The molecule has 0 aromatic carbocycles. The average molecular weight is 226 g/mol. The molecule has 0 spiro atoms. The number of hydrogen-bond donors (Lipinski definition) is 0. The highest BCUT2D eigenvalue weighted by atomic mass is 16.5. The molecule has 0 saturated carbocycles. The van der Waals surface area contributed by atoms with E-state index in [4.69, 9.17) is 10.9 Å². The molecule has 0 saturated heterocycles. The van der Waals surface area contributed by atoms with Crippen LogP contribution in [0, 0.1) is 18.3 Å². The molecule has 0 radical (unpaired) electrons. The number of pyridine rings is 1. The Morgan fingerprint density at radius 2 is 2.18 bits per heavy atom. The Morgan fingerprint density at radius 3 is 2.88 bits per heavy atom. The fraction of sp³-hybridized carbons (Fsp3) is 0.286. The molecular weight excluding hydrogens is 212 g/mol. The van der Waals surface area contributed by atoms with Crippen LogP contribution in [0.5, 0.6) is 0 Å². The van der Waals surface area contributed by atoms with E-state index in [1.54, 1.807) is 6.07 Å². The summed E-state index contributed by atoms with van der Waals surface area (Å²) in [6, 6.07) is 7.45. The van der Waals surface area contributed by atoms with E-state index >= 15 is 0 Å². The zero-order valence-corrected chi connectivity index (χ0v) is 9.97.